The Balaban J connectivity index is 1.77. The standard InChI is InChI=1S/C14H17F2NO/c15-9-5-10(16)7-11(6-9)18-13-8-12(17)14(13)3-1-2-4-14/h5-7,12-13H,1-4,8,17H2. The van der Waals surface area contributed by atoms with Gasteiger partial charge < -0.3 is 10.5 Å². The van der Waals surface area contributed by atoms with Crippen molar-refractivity contribution in [3.63, 3.8) is 0 Å². The molecule has 0 amide bonds. The van der Waals surface area contributed by atoms with E-state index in [0.29, 0.717) is 0 Å². The summed E-state index contributed by atoms with van der Waals surface area (Å²) in [5.41, 5.74) is 6.14. The predicted octanol–water partition coefficient (Wildman–Crippen LogP) is 3.00. The van der Waals surface area contributed by atoms with Gasteiger partial charge in [0.2, 0.25) is 0 Å². The Morgan fingerprint density at radius 3 is 2.28 bits per heavy atom. The summed E-state index contributed by atoms with van der Waals surface area (Å²) in [6.07, 6.45) is 5.26. The van der Waals surface area contributed by atoms with Crippen molar-refractivity contribution in [3.8, 4) is 5.75 Å². The number of rotatable bonds is 2. The Hall–Kier alpha value is -1.16. The van der Waals surface area contributed by atoms with Gasteiger partial charge in [-0.1, -0.05) is 12.8 Å². The van der Waals surface area contributed by atoms with Crippen LogP contribution in [0.25, 0.3) is 0 Å². The van der Waals surface area contributed by atoms with Crippen molar-refractivity contribution in [2.45, 2.75) is 44.2 Å². The molecular formula is C14H17F2NO. The topological polar surface area (TPSA) is 35.2 Å². The fraction of sp³-hybridized carbons (Fsp3) is 0.571. The van der Waals surface area contributed by atoms with Gasteiger partial charge in [0, 0.05) is 36.1 Å². The van der Waals surface area contributed by atoms with Crippen molar-refractivity contribution in [3.05, 3.63) is 29.8 Å². The number of hydrogen-bond acceptors (Lipinski definition) is 2. The van der Waals surface area contributed by atoms with Crippen LogP contribution in [-0.2, 0) is 0 Å². The zero-order valence-corrected chi connectivity index (χ0v) is 10.2. The number of halogens is 2. The first-order chi connectivity index (χ1) is 8.60. The van der Waals surface area contributed by atoms with Crippen LogP contribution in [0.1, 0.15) is 32.1 Å². The Morgan fingerprint density at radius 2 is 1.72 bits per heavy atom. The second-order valence-corrected chi connectivity index (χ2v) is 5.49. The molecule has 2 saturated carbocycles. The first-order valence-electron chi connectivity index (χ1n) is 6.48. The molecule has 2 fully saturated rings. The number of benzene rings is 1. The highest BCUT2D eigenvalue weighted by Crippen LogP contribution is 2.53. The van der Waals surface area contributed by atoms with Crippen LogP contribution in [0.15, 0.2) is 18.2 Å². The van der Waals surface area contributed by atoms with Gasteiger partial charge in [0.25, 0.3) is 0 Å². The summed E-state index contributed by atoms with van der Waals surface area (Å²) >= 11 is 0. The van der Waals surface area contributed by atoms with Crippen LogP contribution >= 0.6 is 0 Å². The summed E-state index contributed by atoms with van der Waals surface area (Å²) in [6.45, 7) is 0. The number of nitrogens with two attached hydrogens (primary N) is 1. The number of hydrogen-bond donors (Lipinski definition) is 1. The van der Waals surface area contributed by atoms with Crippen molar-refractivity contribution < 1.29 is 13.5 Å². The maximum Gasteiger partial charge on any atom is 0.129 e. The summed E-state index contributed by atoms with van der Waals surface area (Å²) in [4.78, 5) is 0. The molecule has 0 radical (unpaired) electrons. The van der Waals surface area contributed by atoms with E-state index in [1.807, 2.05) is 0 Å². The van der Waals surface area contributed by atoms with Crippen LogP contribution in [0.5, 0.6) is 5.75 Å². The Labute approximate surface area is 105 Å². The quantitative estimate of drug-likeness (QED) is 0.879. The highest BCUT2D eigenvalue weighted by atomic mass is 19.1. The molecule has 2 aliphatic rings. The summed E-state index contributed by atoms with van der Waals surface area (Å²) in [7, 11) is 0. The van der Waals surface area contributed by atoms with Crippen molar-refractivity contribution in [2.24, 2.45) is 11.1 Å². The molecule has 2 unspecified atom stereocenters. The maximum absolute atomic E-state index is 13.1. The highest BCUT2D eigenvalue weighted by molar-refractivity contribution is 5.25. The van der Waals surface area contributed by atoms with E-state index in [9.17, 15) is 8.78 Å². The molecule has 0 heterocycles. The van der Waals surface area contributed by atoms with E-state index in [4.69, 9.17) is 10.5 Å². The van der Waals surface area contributed by atoms with Crippen molar-refractivity contribution in [1.82, 2.24) is 0 Å². The monoisotopic (exact) mass is 253 g/mol. The molecule has 2 N–H and O–H groups in total. The Kier molecular flexibility index (Phi) is 2.77. The molecule has 2 atom stereocenters. The van der Waals surface area contributed by atoms with Gasteiger partial charge >= 0.3 is 0 Å². The van der Waals surface area contributed by atoms with Crippen LogP contribution in [0.4, 0.5) is 8.78 Å². The Bertz CT molecular complexity index is 437. The fourth-order valence-corrected chi connectivity index (χ4v) is 3.43. The van der Waals surface area contributed by atoms with Gasteiger partial charge in [-0.05, 0) is 12.8 Å². The lowest BCUT2D eigenvalue weighted by Crippen LogP contribution is -2.62. The molecule has 1 aromatic rings. The second kappa shape index (κ2) is 4.19. The fourth-order valence-electron chi connectivity index (χ4n) is 3.43. The van der Waals surface area contributed by atoms with E-state index in [-0.39, 0.29) is 23.3 Å². The van der Waals surface area contributed by atoms with E-state index in [2.05, 4.69) is 0 Å². The van der Waals surface area contributed by atoms with Gasteiger partial charge in [-0.2, -0.15) is 0 Å². The molecule has 3 rings (SSSR count). The minimum atomic E-state index is -0.603. The van der Waals surface area contributed by atoms with Crippen LogP contribution in [0.2, 0.25) is 0 Å². The van der Waals surface area contributed by atoms with E-state index < -0.39 is 11.6 Å². The predicted molar refractivity (Wildman–Crippen MR) is 64.3 cm³/mol. The zero-order valence-electron chi connectivity index (χ0n) is 10.2. The summed E-state index contributed by atoms with van der Waals surface area (Å²) < 4.78 is 32.0. The molecule has 98 valence electrons. The lowest BCUT2D eigenvalue weighted by atomic mass is 9.61. The van der Waals surface area contributed by atoms with Gasteiger partial charge in [0.05, 0.1) is 0 Å². The molecule has 4 heteroatoms. The van der Waals surface area contributed by atoms with Crippen molar-refractivity contribution >= 4 is 0 Å². The molecule has 1 aromatic carbocycles. The van der Waals surface area contributed by atoms with Gasteiger partial charge in [-0.25, -0.2) is 8.78 Å². The first kappa shape index (κ1) is 11.9. The molecule has 0 aliphatic heterocycles. The first-order valence-corrected chi connectivity index (χ1v) is 6.48. The normalized spacial score (nSPS) is 29.3. The van der Waals surface area contributed by atoms with Gasteiger partial charge in [0.15, 0.2) is 0 Å². The van der Waals surface area contributed by atoms with Gasteiger partial charge in [-0.15, -0.1) is 0 Å². The van der Waals surface area contributed by atoms with E-state index >= 15 is 0 Å². The van der Waals surface area contributed by atoms with Crippen LogP contribution < -0.4 is 10.5 Å². The Morgan fingerprint density at radius 1 is 1.11 bits per heavy atom. The minimum absolute atomic E-state index is 0.0104. The minimum Gasteiger partial charge on any atom is -0.490 e. The second-order valence-electron chi connectivity index (χ2n) is 5.49. The van der Waals surface area contributed by atoms with Crippen molar-refractivity contribution in [1.29, 1.82) is 0 Å². The van der Waals surface area contributed by atoms with E-state index in [1.165, 1.54) is 25.0 Å². The van der Waals surface area contributed by atoms with E-state index in [1.54, 1.807) is 0 Å². The molecule has 18 heavy (non-hydrogen) atoms. The lowest BCUT2D eigenvalue weighted by molar-refractivity contribution is -0.0622. The SMILES string of the molecule is NC1CC(Oc2cc(F)cc(F)c2)C12CCCC2. The number of ether oxygens (including phenoxy) is 1. The van der Waals surface area contributed by atoms with Gasteiger partial charge in [0.1, 0.15) is 23.5 Å². The maximum atomic E-state index is 13.1. The van der Waals surface area contributed by atoms with E-state index in [0.717, 1.165) is 25.3 Å². The third-order valence-electron chi connectivity index (χ3n) is 4.50. The average molecular weight is 253 g/mol. The zero-order chi connectivity index (χ0) is 12.8. The molecular weight excluding hydrogens is 236 g/mol. The molecule has 0 saturated heterocycles. The molecule has 2 aliphatic carbocycles. The summed E-state index contributed by atoms with van der Waals surface area (Å²) in [6, 6.07) is 3.49. The average Bonchev–Trinajstić information content (AvgIpc) is 2.79. The van der Waals surface area contributed by atoms with Crippen LogP contribution in [-0.4, -0.2) is 12.1 Å². The third kappa shape index (κ3) is 1.79. The van der Waals surface area contributed by atoms with Crippen LogP contribution in [0.3, 0.4) is 0 Å². The van der Waals surface area contributed by atoms with Crippen LogP contribution in [0, 0.1) is 17.0 Å². The lowest BCUT2D eigenvalue weighted by Gasteiger charge is -2.52. The summed E-state index contributed by atoms with van der Waals surface area (Å²) in [5, 5.41) is 0. The summed E-state index contributed by atoms with van der Waals surface area (Å²) in [5.74, 6) is -0.932. The smallest absolute Gasteiger partial charge is 0.129 e. The highest BCUT2D eigenvalue weighted by Gasteiger charge is 2.56. The third-order valence-corrected chi connectivity index (χ3v) is 4.50. The molecule has 0 aromatic heterocycles. The molecule has 2 nitrogen and oxygen atoms in total. The largest absolute Gasteiger partial charge is 0.490 e. The molecule has 1 spiro atoms. The van der Waals surface area contributed by atoms with Crippen molar-refractivity contribution in [2.75, 3.05) is 0 Å². The van der Waals surface area contributed by atoms with Gasteiger partial charge in [-0.3, -0.25) is 0 Å². The molecule has 0 bridgehead atoms.